The molecule has 1 heterocycles. The molecule has 0 aliphatic heterocycles. The molecule has 0 fully saturated rings. The summed E-state index contributed by atoms with van der Waals surface area (Å²) in [7, 11) is -3.71. The van der Waals surface area contributed by atoms with Crippen molar-refractivity contribution < 1.29 is 23.1 Å². The molecular weight excluding hydrogens is 550 g/mol. The minimum Gasteiger partial charge on any atom is -0.481 e. The van der Waals surface area contributed by atoms with E-state index in [-0.39, 0.29) is 16.2 Å². The maximum atomic E-state index is 13.1. The number of H-pyrrole nitrogens is 1. The van der Waals surface area contributed by atoms with Gasteiger partial charge in [-0.25, -0.2) is 8.42 Å². The Balaban J connectivity index is 1.73. The summed E-state index contributed by atoms with van der Waals surface area (Å²) in [6.07, 6.45) is 1.36. The van der Waals surface area contributed by atoms with E-state index in [1.54, 1.807) is 60.7 Å². The molecule has 31 heavy (non-hydrogen) atoms. The number of aromatic amines is 1. The van der Waals surface area contributed by atoms with Gasteiger partial charge in [-0.05, 0) is 79.9 Å². The smallest absolute Gasteiger partial charge is 0.307 e. The number of halogens is 2. The summed E-state index contributed by atoms with van der Waals surface area (Å²) >= 11 is 6.83. The number of aromatic nitrogens is 1. The highest BCUT2D eigenvalue weighted by Crippen LogP contribution is 2.39. The van der Waals surface area contributed by atoms with Crippen LogP contribution in [-0.4, -0.2) is 24.5 Å². The summed E-state index contributed by atoms with van der Waals surface area (Å²) in [4.78, 5) is 14.3. The van der Waals surface area contributed by atoms with Gasteiger partial charge < -0.3 is 14.8 Å². The van der Waals surface area contributed by atoms with Crippen molar-refractivity contribution in [2.24, 2.45) is 0 Å². The zero-order valence-corrected chi connectivity index (χ0v) is 19.8. The van der Waals surface area contributed by atoms with Gasteiger partial charge >= 0.3 is 5.97 Å². The van der Waals surface area contributed by atoms with Crippen molar-refractivity contribution in [1.29, 1.82) is 0 Å². The third-order valence-electron chi connectivity index (χ3n) is 4.59. The van der Waals surface area contributed by atoms with Crippen LogP contribution in [0.25, 0.3) is 10.9 Å². The first-order chi connectivity index (χ1) is 14.8. The molecule has 0 saturated carbocycles. The quantitative estimate of drug-likeness (QED) is 0.302. The lowest BCUT2D eigenvalue weighted by Gasteiger charge is -2.12. The van der Waals surface area contributed by atoms with Gasteiger partial charge in [0.05, 0.1) is 25.2 Å². The number of fused-ring (bicyclic) bond motifs is 1. The Morgan fingerprint density at radius 3 is 2.32 bits per heavy atom. The van der Waals surface area contributed by atoms with E-state index in [1.165, 1.54) is 6.20 Å². The number of sulfone groups is 1. The lowest BCUT2D eigenvalue weighted by Crippen LogP contribution is -2.01. The third kappa shape index (κ3) is 4.39. The van der Waals surface area contributed by atoms with Crippen LogP contribution < -0.4 is 4.74 Å². The molecule has 0 spiro atoms. The minimum atomic E-state index is -3.71. The van der Waals surface area contributed by atoms with Gasteiger partial charge in [0.1, 0.15) is 5.75 Å². The van der Waals surface area contributed by atoms with Gasteiger partial charge in [-0.15, -0.1) is 0 Å². The van der Waals surface area contributed by atoms with Gasteiger partial charge in [0, 0.05) is 17.1 Å². The fourth-order valence-electron chi connectivity index (χ4n) is 3.19. The van der Waals surface area contributed by atoms with Gasteiger partial charge in [0.25, 0.3) is 0 Å². The molecule has 1 aromatic heterocycles. The van der Waals surface area contributed by atoms with E-state index in [0.717, 1.165) is 0 Å². The Hall–Kier alpha value is -2.62. The molecule has 0 aliphatic carbocycles. The number of benzene rings is 3. The van der Waals surface area contributed by atoms with Crippen LogP contribution in [0, 0.1) is 0 Å². The van der Waals surface area contributed by atoms with E-state index in [4.69, 9.17) is 9.84 Å². The van der Waals surface area contributed by atoms with Crippen LogP contribution in [0.4, 0.5) is 0 Å². The number of carboxylic acid groups (broad SMARTS) is 1. The van der Waals surface area contributed by atoms with E-state index in [2.05, 4.69) is 36.8 Å². The molecule has 4 aromatic rings. The van der Waals surface area contributed by atoms with Gasteiger partial charge in [-0.3, -0.25) is 4.79 Å². The summed E-state index contributed by atoms with van der Waals surface area (Å²) in [6.45, 7) is 0. The predicted octanol–water partition coefficient (Wildman–Crippen LogP) is 5.95. The molecule has 0 atom stereocenters. The van der Waals surface area contributed by atoms with E-state index in [1.807, 2.05) is 0 Å². The zero-order chi connectivity index (χ0) is 22.2. The van der Waals surface area contributed by atoms with Gasteiger partial charge in [-0.2, -0.15) is 0 Å². The largest absolute Gasteiger partial charge is 0.481 e. The molecule has 4 rings (SSSR count). The highest BCUT2D eigenvalue weighted by molar-refractivity contribution is 9.11. The van der Waals surface area contributed by atoms with Crippen LogP contribution in [0.3, 0.4) is 0 Å². The topological polar surface area (TPSA) is 96.5 Å². The Kier molecular flexibility index (Phi) is 5.92. The summed E-state index contributed by atoms with van der Waals surface area (Å²) < 4.78 is 33.3. The van der Waals surface area contributed by atoms with Crippen LogP contribution in [0.2, 0.25) is 0 Å². The Morgan fingerprint density at radius 2 is 1.68 bits per heavy atom. The van der Waals surface area contributed by atoms with Crippen LogP contribution in [0.1, 0.15) is 5.56 Å². The Labute approximate surface area is 195 Å². The molecule has 6 nitrogen and oxygen atoms in total. The van der Waals surface area contributed by atoms with E-state index in [0.29, 0.717) is 36.9 Å². The van der Waals surface area contributed by atoms with Crippen LogP contribution in [-0.2, 0) is 21.1 Å². The summed E-state index contributed by atoms with van der Waals surface area (Å²) in [5.41, 5.74) is 1.27. The molecule has 0 radical (unpaired) electrons. The molecule has 0 amide bonds. The lowest BCUT2D eigenvalue weighted by atomic mass is 10.1. The molecule has 0 aliphatic rings. The molecule has 9 heteroatoms. The fraction of sp³-hybridized carbons (Fsp3) is 0.0455. The first-order valence-corrected chi connectivity index (χ1v) is 12.1. The van der Waals surface area contributed by atoms with Crippen molar-refractivity contribution in [3.63, 3.8) is 0 Å². The SMILES string of the molecule is O=C(O)Cc1cc(Br)c(Oc2ccc3[nH]cc(S(=O)(=O)c4ccccc4)c3c2)c(Br)c1. The number of carbonyl (C=O) groups is 1. The van der Waals surface area contributed by atoms with Gasteiger partial charge in [0.15, 0.2) is 5.75 Å². The monoisotopic (exact) mass is 563 g/mol. The second-order valence-electron chi connectivity index (χ2n) is 6.74. The van der Waals surface area contributed by atoms with Crippen LogP contribution in [0.15, 0.2) is 85.6 Å². The highest BCUT2D eigenvalue weighted by Gasteiger charge is 2.22. The average Bonchev–Trinajstić information content (AvgIpc) is 3.15. The van der Waals surface area contributed by atoms with E-state index < -0.39 is 15.8 Å². The first-order valence-electron chi connectivity index (χ1n) is 9.04. The normalized spacial score (nSPS) is 11.5. The number of ether oxygens (including phenoxy) is 1. The van der Waals surface area contributed by atoms with Crippen molar-refractivity contribution in [2.75, 3.05) is 0 Å². The Morgan fingerprint density at radius 1 is 1.00 bits per heavy atom. The van der Waals surface area contributed by atoms with Crippen molar-refractivity contribution in [1.82, 2.24) is 4.98 Å². The second-order valence-corrected chi connectivity index (χ2v) is 10.4. The molecule has 2 N–H and O–H groups in total. The summed E-state index contributed by atoms with van der Waals surface area (Å²) in [6, 6.07) is 16.7. The molecule has 0 bridgehead atoms. The Bertz CT molecular complexity index is 1380. The standard InChI is InChI=1S/C22H15Br2NO5S/c23-17-8-13(10-21(26)27)9-18(24)22(17)30-14-6-7-19-16(11-14)20(12-25-19)31(28,29)15-4-2-1-3-5-15/h1-9,11-12,25H,10H2,(H,26,27). The number of nitrogens with one attached hydrogen (secondary N) is 1. The van der Waals surface area contributed by atoms with Crippen molar-refractivity contribution in [3.05, 3.63) is 81.4 Å². The number of rotatable bonds is 6. The molecule has 3 aromatic carbocycles. The van der Waals surface area contributed by atoms with E-state index in [9.17, 15) is 13.2 Å². The fourth-order valence-corrected chi connectivity index (χ4v) is 6.08. The lowest BCUT2D eigenvalue weighted by molar-refractivity contribution is -0.136. The van der Waals surface area contributed by atoms with Crippen molar-refractivity contribution >= 4 is 58.6 Å². The number of carboxylic acids is 1. The maximum absolute atomic E-state index is 13.1. The molecular formula is C22H15Br2NO5S. The molecule has 158 valence electrons. The minimum absolute atomic E-state index is 0.118. The van der Waals surface area contributed by atoms with Gasteiger partial charge in [-0.1, -0.05) is 18.2 Å². The summed E-state index contributed by atoms with van der Waals surface area (Å²) in [5.74, 6) is -0.0435. The third-order valence-corrected chi connectivity index (χ3v) is 7.58. The van der Waals surface area contributed by atoms with E-state index >= 15 is 0 Å². The first kappa shape index (κ1) is 21.6. The molecule has 0 saturated heterocycles. The van der Waals surface area contributed by atoms with Crippen LogP contribution >= 0.6 is 31.9 Å². The zero-order valence-electron chi connectivity index (χ0n) is 15.8. The molecule has 0 unspecified atom stereocenters. The number of hydrogen-bond donors (Lipinski definition) is 2. The van der Waals surface area contributed by atoms with Gasteiger partial charge in [0.2, 0.25) is 9.84 Å². The summed E-state index contributed by atoms with van der Waals surface area (Å²) in [5, 5.41) is 9.50. The predicted molar refractivity (Wildman–Crippen MR) is 123 cm³/mol. The number of aliphatic carboxylic acids is 1. The van der Waals surface area contributed by atoms with Crippen LogP contribution in [0.5, 0.6) is 11.5 Å². The highest BCUT2D eigenvalue weighted by atomic mass is 79.9. The van der Waals surface area contributed by atoms with Crippen molar-refractivity contribution in [2.45, 2.75) is 16.2 Å². The average molecular weight is 565 g/mol. The van der Waals surface area contributed by atoms with Crippen molar-refractivity contribution in [3.8, 4) is 11.5 Å². The maximum Gasteiger partial charge on any atom is 0.307 e. The number of hydrogen-bond acceptors (Lipinski definition) is 4. The second kappa shape index (κ2) is 8.49.